The molecular weight excluding hydrogens is 262 g/mol. The molecule has 2 saturated heterocycles. The number of carbonyl (C=O) groups is 1. The lowest BCUT2D eigenvalue weighted by Crippen LogP contribution is -2.18. The van der Waals surface area contributed by atoms with Gasteiger partial charge in [-0.25, -0.2) is 0 Å². The predicted octanol–water partition coefficient (Wildman–Crippen LogP) is 2.62. The van der Waals surface area contributed by atoms with E-state index in [1.54, 1.807) is 0 Å². The van der Waals surface area contributed by atoms with E-state index in [1.165, 1.54) is 24.9 Å². The van der Waals surface area contributed by atoms with Crippen LogP contribution >= 0.6 is 0 Å². The number of nitrogens with zero attached hydrogens (tertiary/aromatic N) is 1. The summed E-state index contributed by atoms with van der Waals surface area (Å²) in [5, 5.41) is 6.39. The van der Waals surface area contributed by atoms with Gasteiger partial charge in [-0.1, -0.05) is 6.07 Å². The molecule has 4 nitrogen and oxygen atoms in total. The van der Waals surface area contributed by atoms with Gasteiger partial charge in [-0.3, -0.25) is 4.79 Å². The molecule has 0 saturated carbocycles. The van der Waals surface area contributed by atoms with E-state index in [4.69, 9.17) is 0 Å². The molecule has 1 aromatic carbocycles. The Balaban J connectivity index is 1.51. The van der Waals surface area contributed by atoms with Gasteiger partial charge in [0.1, 0.15) is 0 Å². The topological polar surface area (TPSA) is 44.4 Å². The average molecular weight is 287 g/mol. The van der Waals surface area contributed by atoms with Gasteiger partial charge in [0, 0.05) is 30.9 Å². The van der Waals surface area contributed by atoms with Gasteiger partial charge in [-0.15, -0.1) is 0 Å². The van der Waals surface area contributed by atoms with Crippen LogP contribution in [0.15, 0.2) is 24.3 Å². The standard InChI is InChI=1S/C17H25N3O/c21-17(7-6-14-8-9-18-13-14)19-15-4-3-5-16(12-15)20-10-1-2-11-20/h3-5,12,14,18H,1-2,6-11,13H2,(H,19,21). The molecule has 4 heteroatoms. The van der Waals surface area contributed by atoms with Gasteiger partial charge < -0.3 is 15.5 Å². The van der Waals surface area contributed by atoms with Gasteiger partial charge >= 0.3 is 0 Å². The van der Waals surface area contributed by atoms with E-state index in [0.717, 1.165) is 38.3 Å². The number of rotatable bonds is 5. The fourth-order valence-corrected chi connectivity index (χ4v) is 3.28. The summed E-state index contributed by atoms with van der Waals surface area (Å²) in [5.74, 6) is 0.812. The van der Waals surface area contributed by atoms with Crippen LogP contribution in [0.3, 0.4) is 0 Å². The van der Waals surface area contributed by atoms with Crippen LogP contribution in [-0.4, -0.2) is 32.1 Å². The van der Waals surface area contributed by atoms with Crippen molar-refractivity contribution in [2.24, 2.45) is 5.92 Å². The lowest BCUT2D eigenvalue weighted by molar-refractivity contribution is -0.116. The largest absolute Gasteiger partial charge is 0.371 e. The number of amides is 1. The Morgan fingerprint density at radius 1 is 1.33 bits per heavy atom. The van der Waals surface area contributed by atoms with E-state index < -0.39 is 0 Å². The molecule has 0 aliphatic carbocycles. The van der Waals surface area contributed by atoms with E-state index in [-0.39, 0.29) is 5.91 Å². The van der Waals surface area contributed by atoms with Crippen molar-refractivity contribution in [3.8, 4) is 0 Å². The molecule has 0 radical (unpaired) electrons. The van der Waals surface area contributed by atoms with Crippen molar-refractivity contribution in [1.29, 1.82) is 0 Å². The van der Waals surface area contributed by atoms with Crippen LogP contribution < -0.4 is 15.5 Å². The fraction of sp³-hybridized carbons (Fsp3) is 0.588. The zero-order chi connectivity index (χ0) is 14.5. The van der Waals surface area contributed by atoms with Crippen molar-refractivity contribution >= 4 is 17.3 Å². The van der Waals surface area contributed by atoms with Crippen molar-refractivity contribution in [3.05, 3.63) is 24.3 Å². The van der Waals surface area contributed by atoms with E-state index in [1.807, 2.05) is 12.1 Å². The number of carbonyl (C=O) groups excluding carboxylic acids is 1. The lowest BCUT2D eigenvalue weighted by Gasteiger charge is -2.18. The minimum atomic E-state index is 0.139. The molecule has 3 rings (SSSR count). The summed E-state index contributed by atoms with van der Waals surface area (Å²) in [6.07, 6.45) is 5.36. The lowest BCUT2D eigenvalue weighted by atomic mass is 10.0. The number of nitrogens with one attached hydrogen (secondary N) is 2. The average Bonchev–Trinajstić information content (AvgIpc) is 3.19. The summed E-state index contributed by atoms with van der Waals surface area (Å²) in [5.41, 5.74) is 2.15. The quantitative estimate of drug-likeness (QED) is 0.875. The van der Waals surface area contributed by atoms with Crippen LogP contribution in [0.25, 0.3) is 0 Å². The van der Waals surface area contributed by atoms with Crippen molar-refractivity contribution < 1.29 is 4.79 Å². The van der Waals surface area contributed by atoms with Crippen LogP contribution in [0.2, 0.25) is 0 Å². The van der Waals surface area contributed by atoms with Crippen LogP contribution in [0.1, 0.15) is 32.1 Å². The smallest absolute Gasteiger partial charge is 0.224 e. The number of hydrogen-bond acceptors (Lipinski definition) is 3. The van der Waals surface area contributed by atoms with Crippen LogP contribution in [0.4, 0.5) is 11.4 Å². The fourth-order valence-electron chi connectivity index (χ4n) is 3.28. The Bertz CT molecular complexity index is 477. The Morgan fingerprint density at radius 3 is 2.95 bits per heavy atom. The van der Waals surface area contributed by atoms with E-state index in [2.05, 4.69) is 27.7 Å². The molecule has 1 unspecified atom stereocenters. The molecule has 0 bridgehead atoms. The third-order valence-electron chi connectivity index (χ3n) is 4.54. The first-order valence-corrected chi connectivity index (χ1v) is 8.17. The summed E-state index contributed by atoms with van der Waals surface area (Å²) in [7, 11) is 0. The molecule has 2 fully saturated rings. The third kappa shape index (κ3) is 3.97. The molecule has 1 atom stereocenters. The third-order valence-corrected chi connectivity index (χ3v) is 4.54. The van der Waals surface area contributed by atoms with Gasteiger partial charge in [-0.2, -0.15) is 0 Å². The molecule has 2 aliphatic rings. The number of benzene rings is 1. The molecular formula is C17H25N3O. The van der Waals surface area contributed by atoms with E-state index in [0.29, 0.717) is 12.3 Å². The highest BCUT2D eigenvalue weighted by atomic mass is 16.1. The van der Waals surface area contributed by atoms with Crippen LogP contribution in [0.5, 0.6) is 0 Å². The van der Waals surface area contributed by atoms with Crippen molar-refractivity contribution in [1.82, 2.24) is 5.32 Å². The van der Waals surface area contributed by atoms with Gasteiger partial charge in [0.25, 0.3) is 0 Å². The van der Waals surface area contributed by atoms with Crippen LogP contribution in [-0.2, 0) is 4.79 Å². The second kappa shape index (κ2) is 6.94. The maximum Gasteiger partial charge on any atom is 0.224 e. The minimum Gasteiger partial charge on any atom is -0.371 e. The molecule has 1 aromatic rings. The van der Waals surface area contributed by atoms with E-state index >= 15 is 0 Å². The number of anilines is 2. The second-order valence-corrected chi connectivity index (χ2v) is 6.19. The summed E-state index contributed by atoms with van der Waals surface area (Å²) < 4.78 is 0. The van der Waals surface area contributed by atoms with Gasteiger partial charge in [0.05, 0.1) is 0 Å². The Kier molecular flexibility index (Phi) is 4.76. The Morgan fingerprint density at radius 2 is 2.19 bits per heavy atom. The Labute approximate surface area is 126 Å². The molecule has 2 heterocycles. The molecule has 1 amide bonds. The highest BCUT2D eigenvalue weighted by molar-refractivity contribution is 5.91. The van der Waals surface area contributed by atoms with Crippen molar-refractivity contribution in [2.75, 3.05) is 36.4 Å². The highest BCUT2D eigenvalue weighted by Crippen LogP contribution is 2.23. The summed E-state index contributed by atoms with van der Waals surface area (Å²) in [6, 6.07) is 8.24. The predicted molar refractivity (Wildman–Crippen MR) is 86.7 cm³/mol. The molecule has 0 spiro atoms. The van der Waals surface area contributed by atoms with Gasteiger partial charge in [0.15, 0.2) is 0 Å². The highest BCUT2D eigenvalue weighted by Gasteiger charge is 2.16. The molecule has 114 valence electrons. The summed E-state index contributed by atoms with van der Waals surface area (Å²) >= 11 is 0. The van der Waals surface area contributed by atoms with Gasteiger partial charge in [-0.05, 0) is 62.9 Å². The van der Waals surface area contributed by atoms with E-state index in [9.17, 15) is 4.79 Å². The maximum absolute atomic E-state index is 12.1. The SMILES string of the molecule is O=C(CCC1CCNC1)Nc1cccc(N2CCCC2)c1. The maximum atomic E-state index is 12.1. The monoisotopic (exact) mass is 287 g/mol. The van der Waals surface area contributed by atoms with Crippen LogP contribution in [0, 0.1) is 5.92 Å². The first-order chi connectivity index (χ1) is 10.3. The first kappa shape index (κ1) is 14.4. The molecule has 2 aliphatic heterocycles. The summed E-state index contributed by atoms with van der Waals surface area (Å²) in [4.78, 5) is 14.4. The normalized spacial score (nSPS) is 21.7. The molecule has 21 heavy (non-hydrogen) atoms. The zero-order valence-corrected chi connectivity index (χ0v) is 12.6. The first-order valence-electron chi connectivity index (χ1n) is 8.17. The molecule has 0 aromatic heterocycles. The van der Waals surface area contributed by atoms with Gasteiger partial charge in [0.2, 0.25) is 5.91 Å². The zero-order valence-electron chi connectivity index (χ0n) is 12.6. The number of hydrogen-bond donors (Lipinski definition) is 2. The summed E-state index contributed by atoms with van der Waals surface area (Å²) in [6.45, 7) is 4.43. The second-order valence-electron chi connectivity index (χ2n) is 6.19. The minimum absolute atomic E-state index is 0.139. The molecule has 2 N–H and O–H groups in total. The Hall–Kier alpha value is -1.55. The van der Waals surface area contributed by atoms with Crippen molar-refractivity contribution in [3.63, 3.8) is 0 Å². The van der Waals surface area contributed by atoms with Crippen molar-refractivity contribution in [2.45, 2.75) is 32.1 Å².